The third-order valence-corrected chi connectivity index (χ3v) is 4.96. The molecule has 0 aliphatic carbocycles. The van der Waals surface area contributed by atoms with Gasteiger partial charge in [-0.2, -0.15) is 0 Å². The van der Waals surface area contributed by atoms with Crippen molar-refractivity contribution in [2.75, 3.05) is 31.1 Å². The minimum absolute atomic E-state index is 0.0561. The van der Waals surface area contributed by atoms with Crippen molar-refractivity contribution in [1.29, 1.82) is 0 Å². The van der Waals surface area contributed by atoms with E-state index < -0.39 is 0 Å². The zero-order chi connectivity index (χ0) is 19.6. The number of hydrogen-bond acceptors (Lipinski definition) is 4. The van der Waals surface area contributed by atoms with Crippen LogP contribution in [-0.4, -0.2) is 54.1 Å². The predicted octanol–water partition coefficient (Wildman–Crippen LogP) is 2.30. The number of para-hydroxylation sites is 1. The van der Waals surface area contributed by atoms with Crippen molar-refractivity contribution in [2.24, 2.45) is 0 Å². The quantitative estimate of drug-likeness (QED) is 0.847. The van der Waals surface area contributed by atoms with Crippen LogP contribution in [0.5, 0.6) is 0 Å². The molecule has 0 saturated carbocycles. The Morgan fingerprint density at radius 2 is 1.78 bits per heavy atom. The normalized spacial score (nSPS) is 18.0. The molecule has 0 saturated heterocycles. The first-order chi connectivity index (χ1) is 13.0. The standard InChI is InChI=1S/C21H33N3O3/c1-17(16-25)22-21(27)15-23-12-8-4-3-5-9-13-24(18(2)26)20-11-7-6-10-19(20)14-23/h6-7,10-11,17,25H,3-5,8-9,12-16H2,1-2H3,(H,22,27)/t17-/m0/s1. The molecule has 27 heavy (non-hydrogen) atoms. The van der Waals surface area contributed by atoms with Crippen LogP contribution in [0.15, 0.2) is 24.3 Å². The SMILES string of the molecule is CC(=O)N1CCCCCCCN(CC(=O)N[C@@H](C)CO)Cc2ccccc21. The molecule has 2 amide bonds. The molecule has 1 aliphatic rings. The second kappa shape index (κ2) is 11.0. The molecule has 0 aromatic heterocycles. The van der Waals surface area contributed by atoms with Gasteiger partial charge in [0.15, 0.2) is 0 Å². The van der Waals surface area contributed by atoms with E-state index in [2.05, 4.69) is 10.2 Å². The molecule has 0 fully saturated rings. The first-order valence-corrected chi connectivity index (χ1v) is 10.00. The minimum Gasteiger partial charge on any atom is -0.394 e. The highest BCUT2D eigenvalue weighted by Crippen LogP contribution is 2.24. The third-order valence-electron chi connectivity index (χ3n) is 4.96. The molecular formula is C21H33N3O3. The lowest BCUT2D eigenvalue weighted by Crippen LogP contribution is -2.42. The van der Waals surface area contributed by atoms with Gasteiger partial charge < -0.3 is 15.3 Å². The average molecular weight is 376 g/mol. The topological polar surface area (TPSA) is 72.9 Å². The van der Waals surface area contributed by atoms with Crippen molar-refractivity contribution in [3.8, 4) is 0 Å². The zero-order valence-corrected chi connectivity index (χ0v) is 16.6. The van der Waals surface area contributed by atoms with Crippen LogP contribution in [0.2, 0.25) is 0 Å². The van der Waals surface area contributed by atoms with E-state index in [1.807, 2.05) is 29.2 Å². The molecule has 1 aliphatic heterocycles. The molecule has 1 atom stereocenters. The Kier molecular flexibility index (Phi) is 8.75. The van der Waals surface area contributed by atoms with Crippen molar-refractivity contribution in [3.05, 3.63) is 29.8 Å². The fraction of sp³-hybridized carbons (Fsp3) is 0.619. The molecular weight excluding hydrogens is 342 g/mol. The van der Waals surface area contributed by atoms with E-state index in [1.165, 1.54) is 0 Å². The fourth-order valence-corrected chi connectivity index (χ4v) is 3.52. The number of nitrogens with zero attached hydrogens (tertiary/aromatic N) is 2. The lowest BCUT2D eigenvalue weighted by Gasteiger charge is -2.28. The Bertz CT molecular complexity index is 620. The number of aliphatic hydroxyl groups is 1. The van der Waals surface area contributed by atoms with Gasteiger partial charge in [-0.1, -0.05) is 37.5 Å². The van der Waals surface area contributed by atoms with E-state index in [0.29, 0.717) is 13.1 Å². The molecule has 0 unspecified atom stereocenters. The second-order valence-corrected chi connectivity index (χ2v) is 7.43. The molecule has 2 rings (SSSR count). The van der Waals surface area contributed by atoms with Gasteiger partial charge in [0, 0.05) is 31.7 Å². The van der Waals surface area contributed by atoms with Crippen molar-refractivity contribution in [3.63, 3.8) is 0 Å². The van der Waals surface area contributed by atoms with Gasteiger partial charge in [-0.25, -0.2) is 0 Å². The van der Waals surface area contributed by atoms with Crippen molar-refractivity contribution >= 4 is 17.5 Å². The number of hydrogen-bond donors (Lipinski definition) is 2. The molecule has 1 aromatic carbocycles. The van der Waals surface area contributed by atoms with E-state index >= 15 is 0 Å². The van der Waals surface area contributed by atoms with E-state index in [0.717, 1.165) is 56.4 Å². The maximum absolute atomic E-state index is 12.3. The monoisotopic (exact) mass is 375 g/mol. The van der Waals surface area contributed by atoms with Crippen molar-refractivity contribution < 1.29 is 14.7 Å². The largest absolute Gasteiger partial charge is 0.394 e. The molecule has 1 aromatic rings. The van der Waals surface area contributed by atoms with Gasteiger partial charge in [0.1, 0.15) is 0 Å². The summed E-state index contributed by atoms with van der Waals surface area (Å²) in [4.78, 5) is 28.5. The van der Waals surface area contributed by atoms with Gasteiger partial charge in [-0.15, -0.1) is 0 Å². The van der Waals surface area contributed by atoms with Crippen molar-refractivity contribution in [1.82, 2.24) is 10.2 Å². The summed E-state index contributed by atoms with van der Waals surface area (Å²) >= 11 is 0. The predicted molar refractivity (Wildman–Crippen MR) is 108 cm³/mol. The van der Waals surface area contributed by atoms with E-state index in [-0.39, 0.29) is 24.5 Å². The summed E-state index contributed by atoms with van der Waals surface area (Å²) < 4.78 is 0. The fourth-order valence-electron chi connectivity index (χ4n) is 3.52. The maximum Gasteiger partial charge on any atom is 0.234 e. The highest BCUT2D eigenvalue weighted by atomic mass is 16.3. The summed E-state index contributed by atoms with van der Waals surface area (Å²) in [6, 6.07) is 7.73. The van der Waals surface area contributed by atoms with Gasteiger partial charge >= 0.3 is 0 Å². The number of rotatable bonds is 4. The number of amides is 2. The van der Waals surface area contributed by atoms with Gasteiger partial charge in [0.25, 0.3) is 0 Å². The van der Waals surface area contributed by atoms with Crippen LogP contribution < -0.4 is 10.2 Å². The highest BCUT2D eigenvalue weighted by Gasteiger charge is 2.19. The second-order valence-electron chi connectivity index (χ2n) is 7.43. The van der Waals surface area contributed by atoms with Gasteiger partial charge in [-0.05, 0) is 37.9 Å². The van der Waals surface area contributed by atoms with E-state index in [9.17, 15) is 9.59 Å². The Hall–Kier alpha value is -1.92. The maximum atomic E-state index is 12.3. The number of benzene rings is 1. The van der Waals surface area contributed by atoms with Crippen LogP contribution in [0.3, 0.4) is 0 Å². The van der Waals surface area contributed by atoms with Crippen molar-refractivity contribution in [2.45, 2.75) is 58.5 Å². The number of aliphatic hydroxyl groups excluding tert-OH is 1. The Morgan fingerprint density at radius 1 is 1.11 bits per heavy atom. The lowest BCUT2D eigenvalue weighted by atomic mass is 10.1. The van der Waals surface area contributed by atoms with Gasteiger partial charge in [-0.3, -0.25) is 14.5 Å². The summed E-state index contributed by atoms with van der Waals surface area (Å²) in [5, 5.41) is 12.0. The summed E-state index contributed by atoms with van der Waals surface area (Å²) in [7, 11) is 0. The first kappa shape index (κ1) is 21.4. The number of carbonyl (C=O) groups is 2. The lowest BCUT2D eigenvalue weighted by molar-refractivity contribution is -0.123. The molecule has 0 bridgehead atoms. The Morgan fingerprint density at radius 3 is 2.48 bits per heavy atom. The molecule has 6 heteroatoms. The van der Waals surface area contributed by atoms with Crippen LogP contribution >= 0.6 is 0 Å². The molecule has 2 N–H and O–H groups in total. The van der Waals surface area contributed by atoms with Crippen LogP contribution in [0.4, 0.5) is 5.69 Å². The molecule has 0 radical (unpaired) electrons. The summed E-state index contributed by atoms with van der Waals surface area (Å²) in [6.45, 7) is 5.83. The number of fused-ring (bicyclic) bond motifs is 1. The first-order valence-electron chi connectivity index (χ1n) is 10.00. The Balaban J connectivity index is 2.20. The highest BCUT2D eigenvalue weighted by molar-refractivity contribution is 5.92. The summed E-state index contributed by atoms with van der Waals surface area (Å²) in [6.07, 6.45) is 5.46. The molecule has 6 nitrogen and oxygen atoms in total. The zero-order valence-electron chi connectivity index (χ0n) is 16.6. The van der Waals surface area contributed by atoms with Crippen LogP contribution in [0.25, 0.3) is 0 Å². The minimum atomic E-state index is -0.245. The Labute approximate surface area is 162 Å². The van der Waals surface area contributed by atoms with Crippen LogP contribution in [0, 0.1) is 0 Å². The summed E-state index contributed by atoms with van der Waals surface area (Å²) in [5.74, 6) is -0.0230. The molecule has 150 valence electrons. The average Bonchev–Trinajstić information content (AvgIpc) is 2.63. The van der Waals surface area contributed by atoms with Gasteiger partial charge in [0.2, 0.25) is 11.8 Å². The summed E-state index contributed by atoms with van der Waals surface area (Å²) in [5.41, 5.74) is 2.01. The number of nitrogens with one attached hydrogen (secondary N) is 1. The van der Waals surface area contributed by atoms with Crippen LogP contribution in [-0.2, 0) is 16.1 Å². The van der Waals surface area contributed by atoms with E-state index in [1.54, 1.807) is 13.8 Å². The number of carbonyl (C=O) groups excluding carboxylic acids is 2. The smallest absolute Gasteiger partial charge is 0.234 e. The molecule has 0 spiro atoms. The van der Waals surface area contributed by atoms with Crippen LogP contribution in [0.1, 0.15) is 51.5 Å². The van der Waals surface area contributed by atoms with E-state index in [4.69, 9.17) is 5.11 Å². The number of anilines is 1. The molecule has 1 heterocycles. The third kappa shape index (κ3) is 6.96. The van der Waals surface area contributed by atoms with Gasteiger partial charge in [0.05, 0.1) is 13.2 Å².